The molecule has 1 fully saturated rings. The van der Waals surface area contributed by atoms with Crippen molar-refractivity contribution < 1.29 is 40.6 Å². The third kappa shape index (κ3) is 6.08. The van der Waals surface area contributed by atoms with Gasteiger partial charge in [0.15, 0.2) is 11.5 Å². The molecule has 2 aromatic rings. The summed E-state index contributed by atoms with van der Waals surface area (Å²) in [6.07, 6.45) is 8.20. The van der Waals surface area contributed by atoms with Crippen molar-refractivity contribution in [2.24, 2.45) is 11.8 Å². The average molecular weight is 566 g/mol. The maximum Gasteiger partial charge on any atom is 0.517 e. The quantitative estimate of drug-likeness (QED) is 0.361. The van der Waals surface area contributed by atoms with Crippen LogP contribution in [0.5, 0.6) is 11.5 Å². The van der Waals surface area contributed by atoms with Crippen LogP contribution in [-0.2, 0) is 19.6 Å². The lowest BCUT2D eigenvalue weighted by atomic mass is 9.73. The van der Waals surface area contributed by atoms with E-state index in [0.29, 0.717) is 17.1 Å². The highest BCUT2D eigenvalue weighted by molar-refractivity contribution is 7.90. The second kappa shape index (κ2) is 11.7. The number of alkyl halides is 3. The largest absolute Gasteiger partial charge is 0.517 e. The molecule has 2 atom stereocenters. The maximum atomic E-state index is 13.3. The number of allylic oxidation sites excluding steroid dienone is 2. The molecule has 2 aliphatic rings. The Morgan fingerprint density at radius 2 is 1.59 bits per heavy atom. The van der Waals surface area contributed by atoms with Crippen LogP contribution < -0.4 is 9.47 Å². The van der Waals surface area contributed by atoms with E-state index in [1.54, 1.807) is 13.2 Å². The third-order valence-electron chi connectivity index (χ3n) is 7.03. The van der Waals surface area contributed by atoms with Crippen LogP contribution >= 0.6 is 0 Å². The Bertz CT molecular complexity index is 1310. The van der Waals surface area contributed by atoms with Crippen LogP contribution in [0.2, 0.25) is 0 Å². The molecule has 4 rings (SSSR count). The van der Waals surface area contributed by atoms with Gasteiger partial charge in [0.2, 0.25) is 0 Å². The predicted octanol–water partition coefficient (Wildman–Crippen LogP) is 5.75. The lowest BCUT2D eigenvalue weighted by Crippen LogP contribution is -2.37. The summed E-state index contributed by atoms with van der Waals surface area (Å²) in [7, 11) is -2.84. The molecular formula is C28H30F3NO6S. The summed E-state index contributed by atoms with van der Waals surface area (Å²) in [5.74, 6) is -1.86. The van der Waals surface area contributed by atoms with E-state index >= 15 is 0 Å². The van der Waals surface area contributed by atoms with Crippen molar-refractivity contribution in [3.63, 3.8) is 0 Å². The molecule has 1 aliphatic heterocycles. The topological polar surface area (TPSA) is 82.1 Å². The van der Waals surface area contributed by atoms with E-state index in [0.717, 1.165) is 43.6 Å². The van der Waals surface area contributed by atoms with E-state index in [-0.39, 0.29) is 10.4 Å². The number of esters is 1. The summed E-state index contributed by atoms with van der Waals surface area (Å²) in [6, 6.07) is 14.6. The molecular weight excluding hydrogens is 535 g/mol. The highest BCUT2D eigenvalue weighted by Crippen LogP contribution is 2.43. The first-order valence-electron chi connectivity index (χ1n) is 12.5. The molecule has 210 valence electrons. The number of sulfonamides is 1. The van der Waals surface area contributed by atoms with Crippen LogP contribution in [0.3, 0.4) is 0 Å². The number of carbonyl (C=O) groups excluding carboxylic acids is 1. The number of halogens is 3. The van der Waals surface area contributed by atoms with Crippen molar-refractivity contribution in [2.45, 2.75) is 43.2 Å². The van der Waals surface area contributed by atoms with E-state index in [1.165, 1.54) is 19.3 Å². The van der Waals surface area contributed by atoms with Gasteiger partial charge in [0.05, 0.1) is 26.2 Å². The van der Waals surface area contributed by atoms with Gasteiger partial charge in [0.25, 0.3) is 0 Å². The van der Waals surface area contributed by atoms with Crippen molar-refractivity contribution in [3.8, 4) is 11.5 Å². The Hall–Kier alpha value is -3.47. The molecule has 11 heteroatoms. The molecule has 0 spiro atoms. The van der Waals surface area contributed by atoms with E-state index in [2.05, 4.69) is 0 Å². The molecule has 7 nitrogen and oxygen atoms in total. The van der Waals surface area contributed by atoms with Crippen molar-refractivity contribution in [3.05, 3.63) is 84.2 Å². The normalized spacial score (nSPS) is 18.1. The average Bonchev–Trinajstić information content (AvgIpc) is 3.44. The molecule has 0 bridgehead atoms. The van der Waals surface area contributed by atoms with Crippen LogP contribution in [0.15, 0.2) is 73.1 Å². The van der Waals surface area contributed by atoms with Gasteiger partial charge in [-0.3, -0.25) is 4.79 Å². The van der Waals surface area contributed by atoms with Gasteiger partial charge in [-0.2, -0.15) is 21.6 Å². The first-order chi connectivity index (χ1) is 18.6. The molecule has 0 saturated heterocycles. The van der Waals surface area contributed by atoms with Crippen LogP contribution in [0.25, 0.3) is 0 Å². The predicted molar refractivity (Wildman–Crippen MR) is 138 cm³/mol. The van der Waals surface area contributed by atoms with Crippen LogP contribution in [0.4, 0.5) is 13.2 Å². The number of ether oxygens (including phenoxy) is 3. The molecule has 0 N–H and O–H groups in total. The summed E-state index contributed by atoms with van der Waals surface area (Å²) in [5, 5.41) is 0. The highest BCUT2D eigenvalue weighted by atomic mass is 32.2. The number of rotatable bonds is 9. The zero-order valence-corrected chi connectivity index (χ0v) is 22.3. The Labute approximate surface area is 225 Å². The Morgan fingerprint density at radius 3 is 2.15 bits per heavy atom. The zero-order valence-electron chi connectivity index (χ0n) is 21.5. The van der Waals surface area contributed by atoms with Crippen molar-refractivity contribution in [2.75, 3.05) is 14.2 Å². The number of methoxy groups -OCH3 is 2. The van der Waals surface area contributed by atoms with Crippen molar-refractivity contribution in [1.29, 1.82) is 0 Å². The highest BCUT2D eigenvalue weighted by Gasteiger charge is 2.49. The van der Waals surface area contributed by atoms with E-state index in [9.17, 15) is 26.4 Å². The monoisotopic (exact) mass is 565 g/mol. The van der Waals surface area contributed by atoms with Crippen molar-refractivity contribution >= 4 is 16.0 Å². The van der Waals surface area contributed by atoms with E-state index in [4.69, 9.17) is 14.2 Å². The number of hydrogen-bond acceptors (Lipinski definition) is 6. The summed E-state index contributed by atoms with van der Waals surface area (Å²) in [6.45, 7) is 0. The molecule has 1 unspecified atom stereocenters. The minimum Gasteiger partial charge on any atom is -0.493 e. The number of nitrogens with zero attached hydrogens (tertiary/aromatic N) is 1. The fraction of sp³-hybridized carbons (Fsp3) is 0.393. The number of benzene rings is 2. The van der Waals surface area contributed by atoms with E-state index in [1.807, 2.05) is 42.5 Å². The first-order valence-corrected chi connectivity index (χ1v) is 13.9. The molecule has 1 aliphatic carbocycles. The molecule has 1 heterocycles. The smallest absolute Gasteiger partial charge is 0.493 e. The van der Waals surface area contributed by atoms with Gasteiger partial charge in [-0.25, -0.2) is 4.31 Å². The molecule has 1 saturated carbocycles. The Kier molecular flexibility index (Phi) is 8.58. The summed E-state index contributed by atoms with van der Waals surface area (Å²) >= 11 is 0. The van der Waals surface area contributed by atoms with Crippen molar-refractivity contribution in [1.82, 2.24) is 4.31 Å². The Morgan fingerprint density at radius 1 is 0.949 bits per heavy atom. The van der Waals surface area contributed by atoms with Crippen LogP contribution in [0, 0.1) is 11.8 Å². The van der Waals surface area contributed by atoms with E-state index < -0.39 is 39.3 Å². The number of hydrogen-bond donors (Lipinski definition) is 0. The summed E-state index contributed by atoms with van der Waals surface area (Å²) in [5.41, 5.74) is -4.00. The summed E-state index contributed by atoms with van der Waals surface area (Å²) in [4.78, 5) is 13.3. The van der Waals surface area contributed by atoms with Crippen LogP contribution in [0.1, 0.15) is 42.7 Å². The second-order valence-corrected chi connectivity index (χ2v) is 11.2. The van der Waals surface area contributed by atoms with Gasteiger partial charge >= 0.3 is 21.5 Å². The second-order valence-electron chi connectivity index (χ2n) is 9.41. The van der Waals surface area contributed by atoms with Gasteiger partial charge in [0.1, 0.15) is 0 Å². The SMILES string of the molecule is COC(=O)C(C1C=CN(S(=O)(=O)C(F)(F)F)C=C1)[C@H](c1ccccc1)c1ccc(OC)c(OC2CCCC2)c1. The fourth-order valence-corrected chi connectivity index (χ4v) is 5.79. The fourth-order valence-electron chi connectivity index (χ4n) is 5.09. The molecule has 0 radical (unpaired) electrons. The molecule has 2 aromatic carbocycles. The molecule has 0 amide bonds. The standard InChI is InChI=1S/C28H30F3NO6S/c1-36-23-13-12-21(18-24(23)38-22-10-6-7-11-22)25(19-8-4-3-5-9-19)26(27(33)37-2)20-14-16-32(17-15-20)39(34,35)28(29,30)31/h3-5,8-9,12-18,20,22,25-26H,6-7,10-11H2,1-2H3/t25-,26?/m1/s1. The maximum absolute atomic E-state index is 13.3. The minimum absolute atomic E-state index is 0.0477. The molecule has 39 heavy (non-hydrogen) atoms. The lowest BCUT2D eigenvalue weighted by Gasteiger charge is -2.32. The Balaban J connectivity index is 1.77. The zero-order chi connectivity index (χ0) is 28.2. The van der Waals surface area contributed by atoms with Gasteiger partial charge < -0.3 is 14.2 Å². The van der Waals surface area contributed by atoms with Gasteiger partial charge in [0, 0.05) is 24.2 Å². The lowest BCUT2D eigenvalue weighted by molar-refractivity contribution is -0.146. The van der Waals surface area contributed by atoms with Gasteiger partial charge in [-0.1, -0.05) is 48.6 Å². The first kappa shape index (κ1) is 28.5. The third-order valence-corrected chi connectivity index (χ3v) is 8.41. The molecule has 0 aromatic heterocycles. The van der Waals surface area contributed by atoms with Gasteiger partial charge in [-0.15, -0.1) is 0 Å². The summed E-state index contributed by atoms with van der Waals surface area (Å²) < 4.78 is 80.0. The minimum atomic E-state index is -5.61. The van der Waals surface area contributed by atoms with Crippen LogP contribution in [-0.4, -0.2) is 44.5 Å². The van der Waals surface area contributed by atoms with Gasteiger partial charge in [-0.05, 0) is 48.9 Å². The number of carbonyl (C=O) groups is 1.